The standard InChI is InChI=1S/C24H34N2O3/c1-23(2,3)29-22(28)20-24(14-15-24)19(25)18(16-10-6-4-7-11-16)26(20)21(27)17-12-8-5-9-13-17/h4,6-7,10-11,17-20H,5,8-9,12-15,25H2,1-3H3/t18-,19+,20+/m1/s1. The summed E-state index contributed by atoms with van der Waals surface area (Å²) in [4.78, 5) is 29.0. The number of nitrogens with two attached hydrogens (primary N) is 1. The minimum atomic E-state index is -0.596. The summed E-state index contributed by atoms with van der Waals surface area (Å²) in [5, 5.41) is 0. The molecule has 4 rings (SSSR count). The van der Waals surface area contributed by atoms with E-state index in [1.54, 1.807) is 0 Å². The molecule has 2 N–H and O–H groups in total. The quantitative estimate of drug-likeness (QED) is 0.782. The Morgan fingerprint density at radius 3 is 2.24 bits per heavy atom. The van der Waals surface area contributed by atoms with Crippen molar-refractivity contribution in [2.75, 3.05) is 0 Å². The third-order valence-electron chi connectivity index (χ3n) is 6.93. The van der Waals surface area contributed by atoms with Crippen LogP contribution in [-0.4, -0.2) is 34.5 Å². The van der Waals surface area contributed by atoms with Gasteiger partial charge in [0.05, 0.1) is 6.04 Å². The fourth-order valence-electron chi connectivity index (χ4n) is 5.41. The van der Waals surface area contributed by atoms with E-state index in [1.807, 2.05) is 56.0 Å². The SMILES string of the molecule is CC(C)(C)OC(=O)[C@@H]1N(C(=O)C2CCCCC2)[C@H](c2ccccc2)[C@H](N)C12CC2. The molecule has 1 saturated heterocycles. The van der Waals surface area contributed by atoms with E-state index in [1.165, 1.54) is 6.42 Å². The summed E-state index contributed by atoms with van der Waals surface area (Å²) in [6, 6.07) is 8.86. The highest BCUT2D eigenvalue weighted by Gasteiger charge is 2.69. The molecule has 0 radical (unpaired) electrons. The van der Waals surface area contributed by atoms with Crippen LogP contribution in [0.3, 0.4) is 0 Å². The van der Waals surface area contributed by atoms with E-state index in [0.717, 1.165) is 44.1 Å². The molecular weight excluding hydrogens is 364 g/mol. The summed E-state index contributed by atoms with van der Waals surface area (Å²) >= 11 is 0. The van der Waals surface area contributed by atoms with E-state index >= 15 is 0 Å². The fraction of sp³-hybridized carbons (Fsp3) is 0.667. The average molecular weight is 399 g/mol. The number of hydrogen-bond donors (Lipinski definition) is 1. The van der Waals surface area contributed by atoms with Crippen LogP contribution in [0.4, 0.5) is 0 Å². The Bertz CT molecular complexity index is 760. The Kier molecular flexibility index (Phi) is 5.22. The number of carbonyl (C=O) groups is 2. The highest BCUT2D eigenvalue weighted by atomic mass is 16.6. The van der Waals surface area contributed by atoms with E-state index in [-0.39, 0.29) is 35.3 Å². The Morgan fingerprint density at radius 2 is 1.69 bits per heavy atom. The van der Waals surface area contributed by atoms with E-state index in [4.69, 9.17) is 10.5 Å². The van der Waals surface area contributed by atoms with Crippen molar-refractivity contribution in [2.24, 2.45) is 17.1 Å². The smallest absolute Gasteiger partial charge is 0.330 e. The second-order valence-corrected chi connectivity index (χ2v) is 10.1. The first-order valence-electron chi connectivity index (χ1n) is 11.1. The third kappa shape index (κ3) is 3.70. The molecule has 0 unspecified atom stereocenters. The molecule has 3 atom stereocenters. The highest BCUT2D eigenvalue weighted by Crippen LogP contribution is 2.62. The number of likely N-dealkylation sites (tertiary alicyclic amines) is 1. The van der Waals surface area contributed by atoms with Crippen LogP contribution in [0.15, 0.2) is 30.3 Å². The highest BCUT2D eigenvalue weighted by molar-refractivity contribution is 5.89. The van der Waals surface area contributed by atoms with Crippen LogP contribution >= 0.6 is 0 Å². The van der Waals surface area contributed by atoms with Crippen molar-refractivity contribution in [1.29, 1.82) is 0 Å². The molecule has 2 saturated carbocycles. The van der Waals surface area contributed by atoms with Crippen molar-refractivity contribution >= 4 is 11.9 Å². The van der Waals surface area contributed by atoms with Crippen LogP contribution in [0.1, 0.15) is 77.3 Å². The monoisotopic (exact) mass is 398 g/mol. The van der Waals surface area contributed by atoms with Gasteiger partial charge < -0.3 is 15.4 Å². The molecule has 0 bridgehead atoms. The molecular formula is C24H34N2O3. The number of hydrogen-bond acceptors (Lipinski definition) is 4. The van der Waals surface area contributed by atoms with Gasteiger partial charge in [-0.3, -0.25) is 4.79 Å². The van der Waals surface area contributed by atoms with Crippen LogP contribution in [0.5, 0.6) is 0 Å². The lowest BCUT2D eigenvalue weighted by molar-refractivity contribution is -0.167. The number of nitrogens with zero attached hydrogens (tertiary/aromatic N) is 1. The maximum atomic E-state index is 13.8. The molecule has 0 aromatic heterocycles. The first kappa shape index (κ1) is 20.4. The van der Waals surface area contributed by atoms with Crippen molar-refractivity contribution in [3.63, 3.8) is 0 Å². The average Bonchev–Trinajstić information content (AvgIpc) is 3.43. The molecule has 3 aliphatic rings. The zero-order valence-electron chi connectivity index (χ0n) is 17.9. The Morgan fingerprint density at radius 1 is 1.07 bits per heavy atom. The zero-order chi connectivity index (χ0) is 20.8. The number of benzene rings is 1. The van der Waals surface area contributed by atoms with E-state index in [2.05, 4.69) is 0 Å². The first-order chi connectivity index (χ1) is 13.7. The number of carbonyl (C=O) groups excluding carboxylic acids is 2. The summed E-state index contributed by atoms with van der Waals surface area (Å²) in [6.45, 7) is 5.63. The minimum Gasteiger partial charge on any atom is -0.458 e. The number of amides is 1. The van der Waals surface area contributed by atoms with Crippen molar-refractivity contribution in [1.82, 2.24) is 4.90 Å². The Labute approximate surface area is 174 Å². The van der Waals surface area contributed by atoms with E-state index in [9.17, 15) is 9.59 Å². The van der Waals surface area contributed by atoms with Gasteiger partial charge in [0.2, 0.25) is 5.91 Å². The predicted molar refractivity (Wildman–Crippen MR) is 112 cm³/mol. The van der Waals surface area contributed by atoms with Crippen LogP contribution < -0.4 is 5.73 Å². The normalized spacial score (nSPS) is 29.1. The molecule has 1 aromatic carbocycles. The van der Waals surface area contributed by atoms with Crippen molar-refractivity contribution in [3.8, 4) is 0 Å². The summed E-state index contributed by atoms with van der Waals surface area (Å²) < 4.78 is 5.81. The maximum Gasteiger partial charge on any atom is 0.330 e. The summed E-state index contributed by atoms with van der Waals surface area (Å²) in [7, 11) is 0. The zero-order valence-corrected chi connectivity index (χ0v) is 17.9. The lowest BCUT2D eigenvalue weighted by atomic mass is 9.87. The van der Waals surface area contributed by atoms with Gasteiger partial charge in [-0.15, -0.1) is 0 Å². The molecule has 5 heteroatoms. The lowest BCUT2D eigenvalue weighted by Gasteiger charge is -2.36. The molecule has 1 amide bonds. The molecule has 1 aromatic rings. The van der Waals surface area contributed by atoms with Gasteiger partial charge in [0.25, 0.3) is 0 Å². The van der Waals surface area contributed by atoms with Gasteiger partial charge in [0.1, 0.15) is 11.6 Å². The van der Waals surface area contributed by atoms with Gasteiger partial charge >= 0.3 is 5.97 Å². The third-order valence-corrected chi connectivity index (χ3v) is 6.93. The van der Waals surface area contributed by atoms with Crippen molar-refractivity contribution < 1.29 is 14.3 Å². The largest absolute Gasteiger partial charge is 0.458 e. The lowest BCUT2D eigenvalue weighted by Crippen LogP contribution is -2.49. The molecule has 29 heavy (non-hydrogen) atoms. The molecule has 5 nitrogen and oxygen atoms in total. The van der Waals surface area contributed by atoms with Gasteiger partial charge in [0.15, 0.2) is 0 Å². The van der Waals surface area contributed by atoms with Crippen LogP contribution in [0.2, 0.25) is 0 Å². The topological polar surface area (TPSA) is 72.6 Å². The molecule has 1 heterocycles. The minimum absolute atomic E-state index is 0.0130. The first-order valence-corrected chi connectivity index (χ1v) is 11.1. The Hall–Kier alpha value is -1.88. The second-order valence-electron chi connectivity index (χ2n) is 10.1. The van der Waals surface area contributed by atoms with E-state index < -0.39 is 11.6 Å². The van der Waals surface area contributed by atoms with Crippen molar-refractivity contribution in [3.05, 3.63) is 35.9 Å². The van der Waals surface area contributed by atoms with E-state index in [0.29, 0.717) is 0 Å². The van der Waals surface area contributed by atoms with Crippen LogP contribution in [0, 0.1) is 11.3 Å². The molecule has 1 aliphatic heterocycles. The van der Waals surface area contributed by atoms with Crippen LogP contribution in [0.25, 0.3) is 0 Å². The van der Waals surface area contributed by atoms with Crippen molar-refractivity contribution in [2.45, 2.75) is 89.4 Å². The molecule has 1 spiro atoms. The summed E-state index contributed by atoms with van der Waals surface area (Å²) in [6.07, 6.45) is 6.89. The summed E-state index contributed by atoms with van der Waals surface area (Å²) in [5.74, 6) is -0.220. The van der Waals surface area contributed by atoms with Gasteiger partial charge in [-0.05, 0) is 52.0 Å². The van der Waals surface area contributed by atoms with Gasteiger partial charge in [0, 0.05) is 17.4 Å². The second kappa shape index (κ2) is 7.42. The molecule has 3 fully saturated rings. The van der Waals surface area contributed by atoms with Gasteiger partial charge in [-0.2, -0.15) is 0 Å². The van der Waals surface area contributed by atoms with Crippen LogP contribution in [-0.2, 0) is 14.3 Å². The summed E-state index contributed by atoms with van der Waals surface area (Å²) in [5.41, 5.74) is 6.86. The molecule has 2 aliphatic carbocycles. The number of ether oxygens (including phenoxy) is 1. The predicted octanol–water partition coefficient (Wildman–Crippen LogP) is 3.97. The van der Waals surface area contributed by atoms with Gasteiger partial charge in [-0.1, -0.05) is 49.6 Å². The number of esters is 1. The number of rotatable bonds is 3. The Balaban J connectivity index is 1.74. The fourth-order valence-corrected chi connectivity index (χ4v) is 5.41. The maximum absolute atomic E-state index is 13.8. The molecule has 158 valence electrons. The van der Waals surface area contributed by atoms with Gasteiger partial charge in [-0.25, -0.2) is 4.79 Å².